The fourth-order valence-corrected chi connectivity index (χ4v) is 14.0. The molecule has 0 spiro atoms. The third-order valence-corrected chi connectivity index (χ3v) is 21.8. The molecule has 802 valence electrons. The standard InChI is InChI=1S/C19H23NO5.C15H16N2O4.C15H15NO5.C13H20O4.C12H22N2O4.C11H16O2.C10H18O5.C7H12O2.C5H8.Na.H2O/c1-2-3-13-23-17(21)19-11-9-16(10-12-19)20(25-19)18(22)24-14-15-7-5-4-6-8-15;16-13(18)15-8-6-12(7-9-15)17(21-15)14(19)20-10-11-4-2-1-3-5-11;17-13(18)15-8-6-12(7-9-15)16(21-15)14(19)20-10-11-4-2-1-3-5-11;1-3-4-9-16-13(15)11-7-5-6-8-12(11)17-10(2)14;1-11(2,3)18-10(16)14-8-4-6-12(17,7-5-8)9(13)15;1-2-3-9-13-11(12)10-7-5-4-6-8-10;1-9(2,3)14-7(11)13-8(12)15-10(4,5)6;1-3-5-6-9-7(8)4-2;1-3-5-4-2;;/h4-9,11,16H,2-3,10,12-14H2,1H3;1-6,8,12H,7,9-10H2,(H2,16,18);1-6,8,12H,7,9-10H2,(H,17,18);6,8,11-12H,3-5,7,9H2,1-2H3;8,17H,4-7H2,1-3H3,(H2,13,15)(H,14,16);4-5,7H,2-3,6,8-9H2,1H3;1-6H3;4H,2-3,5-6H2,1H3;3-5H,1H2,2H3;;1H2/q;;;;;;;;;+1;/p-1/b;;;;;;;;5-4+;;. The van der Waals surface area contributed by atoms with Crippen LogP contribution in [0.1, 0.15) is 262 Å². The fourth-order valence-electron chi connectivity index (χ4n) is 14.0. The van der Waals surface area contributed by atoms with Crippen molar-refractivity contribution in [2.75, 3.05) is 26.4 Å². The molecule has 4 fully saturated rings. The van der Waals surface area contributed by atoms with Crippen LogP contribution < -0.4 is 46.3 Å². The average Bonchev–Trinajstić information content (AvgIpc) is 0.765. The number of nitrogens with zero attached hydrogens (tertiary/aromatic N) is 3. The van der Waals surface area contributed by atoms with E-state index < -0.39 is 106 Å². The van der Waals surface area contributed by atoms with Gasteiger partial charge in [0.1, 0.15) is 48.3 Å². The number of unbranched alkanes of at least 4 members (excludes halogenated alkanes) is 4. The van der Waals surface area contributed by atoms with Crippen molar-refractivity contribution in [1.29, 1.82) is 0 Å². The van der Waals surface area contributed by atoms with Crippen molar-refractivity contribution in [2.24, 2.45) is 17.4 Å². The van der Waals surface area contributed by atoms with Crippen LogP contribution in [0.2, 0.25) is 0 Å². The van der Waals surface area contributed by atoms with Gasteiger partial charge in [0.15, 0.2) is 5.60 Å². The van der Waals surface area contributed by atoms with E-state index in [-0.39, 0.29) is 122 Å². The van der Waals surface area contributed by atoms with Crippen molar-refractivity contribution in [3.05, 3.63) is 218 Å². The molecule has 6 aliphatic carbocycles. The van der Waals surface area contributed by atoms with Gasteiger partial charge in [-0.15, -0.1) is 0 Å². The van der Waals surface area contributed by atoms with Crippen molar-refractivity contribution in [3.8, 4) is 0 Å². The molecule has 146 heavy (non-hydrogen) atoms. The van der Waals surface area contributed by atoms with Gasteiger partial charge < -0.3 is 89.3 Å². The van der Waals surface area contributed by atoms with Gasteiger partial charge in [-0.05, 0) is 226 Å². The van der Waals surface area contributed by atoms with Gasteiger partial charge in [-0.1, -0.05) is 218 Å². The Morgan fingerprint density at radius 1 is 0.507 bits per heavy atom. The minimum Gasteiger partial charge on any atom is -0.870 e. The van der Waals surface area contributed by atoms with Crippen molar-refractivity contribution < 1.29 is 184 Å². The third-order valence-electron chi connectivity index (χ3n) is 21.8. The number of esters is 5. The number of amides is 6. The predicted molar refractivity (Wildman–Crippen MR) is 534 cm³/mol. The number of carbonyl (C=O) groups excluding carboxylic acids is 13. The van der Waals surface area contributed by atoms with Crippen molar-refractivity contribution >= 4 is 84.3 Å². The molecule has 8 atom stereocenters. The predicted octanol–water partition coefficient (Wildman–Crippen LogP) is 15.5. The maximum absolute atomic E-state index is 12.4. The number of benzene rings is 3. The first-order valence-corrected chi connectivity index (χ1v) is 48.8. The molecule has 3 aromatic rings. The second-order valence-corrected chi connectivity index (χ2v) is 37.3. The number of hydrogen-bond donors (Lipinski definition) is 5. The molecule has 1 saturated carbocycles. The number of rotatable bonds is 28. The minimum atomic E-state index is -1.44. The Morgan fingerprint density at radius 3 is 1.28 bits per heavy atom. The number of alkyl carbamates (subject to hydrolysis) is 1. The van der Waals surface area contributed by atoms with E-state index in [4.69, 9.17) is 73.3 Å². The molecular weight excluding hydrogens is 1900 g/mol. The molecule has 0 radical (unpaired) electrons. The number of allylic oxidation sites excluding steroid dienone is 7. The summed E-state index contributed by atoms with van der Waals surface area (Å²) in [5, 5.41) is 25.2. The van der Waals surface area contributed by atoms with Crippen LogP contribution in [0.3, 0.4) is 0 Å². The molecule has 39 heteroatoms. The summed E-state index contributed by atoms with van der Waals surface area (Å²) in [4.78, 5) is 177. The topological polar surface area (TPSA) is 522 Å². The van der Waals surface area contributed by atoms with Crippen molar-refractivity contribution in [2.45, 2.75) is 334 Å². The van der Waals surface area contributed by atoms with Gasteiger partial charge in [-0.2, -0.15) is 15.2 Å². The van der Waals surface area contributed by atoms with Gasteiger partial charge in [0, 0.05) is 24.6 Å². The SMILES string of the molecule is C=C/C=C/C.C=CC(=O)OCCCC.CC(C)(C)OC(=O)NC1CCC(O)(C(N)=O)CC1.CC(C)(C)OC(=O)OC(=O)OC(C)(C)C.CCCCOC(=O)C12C=CC(CC1)N(C(=O)OCc1ccccc1)O2.CCCCOC(=O)C1=CC=CCC1.CCCCOC(=O)C1CCC=CC1OC(C)=O.NC(=O)C12C=CC(CC1)N(C(=O)OCc1ccccc1)O2.O=C(OCc1ccccc1)N1OC2(C(=O)O)C=CC1CC2.[Na+].[OH-]. The zero-order valence-electron chi connectivity index (χ0n) is 87.4. The molecule has 6 aliphatic heterocycles. The summed E-state index contributed by atoms with van der Waals surface area (Å²) in [5.74, 6) is -4.28. The Bertz CT molecular complexity index is 4710. The first kappa shape index (κ1) is 130. The molecule has 8 unspecified atom stereocenters. The van der Waals surface area contributed by atoms with Crippen LogP contribution >= 0.6 is 0 Å². The monoisotopic (exact) mass is 2060 g/mol. The van der Waals surface area contributed by atoms with E-state index in [0.29, 0.717) is 84.2 Å². The number of nitrogens with one attached hydrogen (secondary N) is 1. The summed E-state index contributed by atoms with van der Waals surface area (Å²) in [5.41, 5.74) is 6.71. The van der Waals surface area contributed by atoms with E-state index >= 15 is 0 Å². The number of fused-ring (bicyclic) bond motifs is 6. The minimum absolute atomic E-state index is 0. The van der Waals surface area contributed by atoms with E-state index in [9.17, 15) is 77.3 Å². The quantitative estimate of drug-likeness (QED) is 0.00659. The van der Waals surface area contributed by atoms with Gasteiger partial charge in [0.05, 0.1) is 50.5 Å². The Balaban J connectivity index is 0.000000566. The van der Waals surface area contributed by atoms with E-state index in [1.165, 1.54) is 19.1 Å². The Labute approximate surface area is 879 Å². The number of carboxylic acid groups (broad SMARTS) is 1. The Hall–Kier alpha value is -12.3. The summed E-state index contributed by atoms with van der Waals surface area (Å²) in [6, 6.07) is 27.3. The summed E-state index contributed by atoms with van der Waals surface area (Å²) in [7, 11) is 0. The summed E-state index contributed by atoms with van der Waals surface area (Å²) >= 11 is 0. The first-order valence-electron chi connectivity index (χ1n) is 48.8. The second kappa shape index (κ2) is 66.7. The second-order valence-electron chi connectivity index (χ2n) is 37.3. The summed E-state index contributed by atoms with van der Waals surface area (Å²) in [6.45, 7) is 35.9. The zero-order valence-corrected chi connectivity index (χ0v) is 89.4. The number of carboxylic acids is 1. The largest absolute Gasteiger partial charge is 1.00 e. The smallest absolute Gasteiger partial charge is 0.870 e. The Morgan fingerprint density at radius 2 is 0.918 bits per heavy atom. The maximum atomic E-state index is 12.4. The Kier molecular flexibility index (Phi) is 59.3. The molecule has 3 saturated heterocycles. The van der Waals surface area contributed by atoms with Crippen LogP contribution in [-0.4, -0.2) is 211 Å². The fraction of sp³-hybridized carbons (Fsp3) is 0.533. The summed E-state index contributed by atoms with van der Waals surface area (Å²) < 4.78 is 60.0. The number of ether oxygens (including phenoxy) is 12. The molecule has 6 amide bonds. The number of aliphatic hydroxyl groups is 1. The number of carbonyl (C=O) groups is 14. The first-order chi connectivity index (χ1) is 68.2. The molecule has 6 heterocycles. The molecule has 38 nitrogen and oxygen atoms in total. The molecule has 8 N–H and O–H groups in total. The van der Waals surface area contributed by atoms with Gasteiger partial charge in [-0.3, -0.25) is 19.2 Å². The van der Waals surface area contributed by atoms with E-state index in [2.05, 4.69) is 40.9 Å². The average molecular weight is 2060 g/mol. The van der Waals surface area contributed by atoms with Gasteiger partial charge >= 0.3 is 102 Å². The molecule has 3 aromatic carbocycles. The van der Waals surface area contributed by atoms with Crippen LogP contribution in [0, 0.1) is 5.92 Å². The third kappa shape index (κ3) is 48.4. The number of primary amides is 2. The van der Waals surface area contributed by atoms with Crippen molar-refractivity contribution in [3.63, 3.8) is 0 Å². The number of nitrogens with two attached hydrogens (primary N) is 2. The van der Waals surface area contributed by atoms with Gasteiger partial charge in [0.25, 0.3) is 5.91 Å². The number of aliphatic carboxylic acids is 1. The van der Waals surface area contributed by atoms with Gasteiger partial charge in [0.2, 0.25) is 17.1 Å². The van der Waals surface area contributed by atoms with Crippen LogP contribution in [0.25, 0.3) is 0 Å². The molecule has 15 rings (SSSR count). The maximum Gasteiger partial charge on any atom is 1.00 e. The van der Waals surface area contributed by atoms with Crippen LogP contribution in [0.15, 0.2) is 201 Å². The van der Waals surface area contributed by atoms with Crippen LogP contribution in [0.5, 0.6) is 0 Å². The van der Waals surface area contributed by atoms with E-state index in [0.717, 1.165) is 108 Å². The molecular formula is C107H151N6NaO32. The van der Waals surface area contributed by atoms with Gasteiger partial charge in [-0.25, -0.2) is 62.5 Å². The molecule has 0 aromatic heterocycles. The normalized spacial score (nSPS) is 21.5. The summed E-state index contributed by atoms with van der Waals surface area (Å²) in [6.07, 6.45) is 37.0. The van der Waals surface area contributed by atoms with Crippen LogP contribution in [0.4, 0.5) is 28.8 Å². The number of hydrogen-bond acceptors (Lipinski definition) is 31. The molecule has 12 aliphatic rings. The molecule has 6 bridgehead atoms. The van der Waals surface area contributed by atoms with E-state index in [1.54, 1.807) is 98.8 Å². The van der Waals surface area contributed by atoms with Crippen LogP contribution in [-0.2, 0) is 130 Å². The zero-order chi connectivity index (χ0) is 107. The van der Waals surface area contributed by atoms with Crippen molar-refractivity contribution in [1.82, 2.24) is 20.5 Å². The number of hydroxylamine groups is 6. The van der Waals surface area contributed by atoms with E-state index in [1.807, 2.05) is 155 Å².